The van der Waals surface area contributed by atoms with E-state index < -0.39 is 0 Å². The molecule has 21 heavy (non-hydrogen) atoms. The maximum Gasteiger partial charge on any atom is 0.272 e. The van der Waals surface area contributed by atoms with Crippen LogP contribution in [0.4, 0.5) is 5.69 Å². The molecule has 0 unspecified atom stereocenters. The summed E-state index contributed by atoms with van der Waals surface area (Å²) >= 11 is 3.30. The Kier molecular flexibility index (Phi) is 5.41. The van der Waals surface area contributed by atoms with Crippen LogP contribution in [0, 0.1) is 0 Å². The summed E-state index contributed by atoms with van der Waals surface area (Å²) in [5.41, 5.74) is 1.24. The summed E-state index contributed by atoms with van der Waals surface area (Å²) in [6.07, 6.45) is 1.72. The molecule has 0 saturated carbocycles. The van der Waals surface area contributed by atoms with Gasteiger partial charge < -0.3 is 19.9 Å². The molecular formula is C15H18BrN3O2. The number of rotatable bonds is 6. The summed E-state index contributed by atoms with van der Waals surface area (Å²) < 4.78 is 6.44. The quantitative estimate of drug-likeness (QED) is 0.841. The van der Waals surface area contributed by atoms with Crippen LogP contribution in [-0.4, -0.2) is 43.0 Å². The Morgan fingerprint density at radius 2 is 2.05 bits per heavy atom. The number of benzene rings is 1. The minimum absolute atomic E-state index is 0.179. The van der Waals surface area contributed by atoms with Crippen LogP contribution >= 0.6 is 15.9 Å². The van der Waals surface area contributed by atoms with Gasteiger partial charge in [0.1, 0.15) is 18.1 Å². The number of ether oxygens (including phenoxy) is 1. The van der Waals surface area contributed by atoms with Gasteiger partial charge in [-0.05, 0) is 60.4 Å². The van der Waals surface area contributed by atoms with E-state index in [0.29, 0.717) is 12.3 Å². The minimum Gasteiger partial charge on any atom is -0.492 e. The van der Waals surface area contributed by atoms with E-state index in [2.05, 4.69) is 31.1 Å². The standard InChI is InChI=1S/C15H18BrN3O2/c1-19(2)7-8-21-13-5-3-12(4-6-13)18-15(20)14-9-11(16)10-17-14/h3-6,9-10,17H,7-8H2,1-2H3,(H,18,20). The number of hydrogen-bond donors (Lipinski definition) is 2. The molecule has 0 spiro atoms. The lowest BCUT2D eigenvalue weighted by Gasteiger charge is -2.11. The molecule has 0 aliphatic heterocycles. The van der Waals surface area contributed by atoms with Crippen LogP contribution in [0.1, 0.15) is 10.5 Å². The summed E-state index contributed by atoms with van der Waals surface area (Å²) in [6.45, 7) is 1.50. The van der Waals surface area contributed by atoms with Gasteiger partial charge in [-0.3, -0.25) is 4.79 Å². The Morgan fingerprint density at radius 1 is 1.33 bits per heavy atom. The van der Waals surface area contributed by atoms with Crippen molar-refractivity contribution in [1.29, 1.82) is 0 Å². The number of H-pyrrole nitrogens is 1. The van der Waals surface area contributed by atoms with E-state index in [-0.39, 0.29) is 5.91 Å². The van der Waals surface area contributed by atoms with Crippen LogP contribution in [0.5, 0.6) is 5.75 Å². The number of anilines is 1. The van der Waals surface area contributed by atoms with Crippen molar-refractivity contribution in [3.63, 3.8) is 0 Å². The van der Waals surface area contributed by atoms with Gasteiger partial charge in [-0.1, -0.05) is 0 Å². The third-order valence-electron chi connectivity index (χ3n) is 2.81. The number of aromatic nitrogens is 1. The average Bonchev–Trinajstić information content (AvgIpc) is 2.87. The van der Waals surface area contributed by atoms with Gasteiger partial charge in [0, 0.05) is 22.9 Å². The first-order valence-electron chi connectivity index (χ1n) is 6.57. The molecule has 0 bridgehead atoms. The molecule has 1 aromatic heterocycles. The van der Waals surface area contributed by atoms with Crippen LogP contribution in [0.3, 0.4) is 0 Å². The van der Waals surface area contributed by atoms with E-state index in [1.165, 1.54) is 0 Å². The zero-order valence-corrected chi connectivity index (χ0v) is 13.6. The normalized spacial score (nSPS) is 10.7. The zero-order valence-electron chi connectivity index (χ0n) is 12.0. The first kappa shape index (κ1) is 15.6. The average molecular weight is 352 g/mol. The van der Waals surface area contributed by atoms with Crippen LogP contribution in [0.25, 0.3) is 0 Å². The van der Waals surface area contributed by atoms with E-state index >= 15 is 0 Å². The first-order chi connectivity index (χ1) is 10.0. The van der Waals surface area contributed by atoms with Crippen LogP contribution in [0.2, 0.25) is 0 Å². The maximum absolute atomic E-state index is 12.0. The second kappa shape index (κ2) is 7.28. The molecule has 2 aromatic rings. The highest BCUT2D eigenvalue weighted by Gasteiger charge is 2.08. The maximum atomic E-state index is 12.0. The monoisotopic (exact) mass is 351 g/mol. The molecular weight excluding hydrogens is 334 g/mol. The second-order valence-electron chi connectivity index (χ2n) is 4.86. The molecule has 0 aliphatic rings. The summed E-state index contributed by atoms with van der Waals surface area (Å²) in [5.74, 6) is 0.611. The van der Waals surface area contributed by atoms with Gasteiger partial charge in [0.2, 0.25) is 0 Å². The van der Waals surface area contributed by atoms with Crippen LogP contribution in [0.15, 0.2) is 41.0 Å². The molecule has 5 nitrogen and oxygen atoms in total. The Labute approximate surface area is 132 Å². The Bertz CT molecular complexity index is 593. The molecule has 0 aliphatic carbocycles. The van der Waals surface area contributed by atoms with Crippen molar-refractivity contribution < 1.29 is 9.53 Å². The number of amides is 1. The summed E-state index contributed by atoms with van der Waals surface area (Å²) in [5, 5.41) is 2.82. The highest BCUT2D eigenvalue weighted by molar-refractivity contribution is 9.10. The third-order valence-corrected chi connectivity index (χ3v) is 3.27. The molecule has 1 aromatic carbocycles. The number of carbonyl (C=O) groups excluding carboxylic acids is 1. The van der Waals surface area contributed by atoms with Gasteiger partial charge in [0.05, 0.1) is 0 Å². The smallest absolute Gasteiger partial charge is 0.272 e. The predicted molar refractivity (Wildman–Crippen MR) is 86.9 cm³/mol. The molecule has 2 N–H and O–H groups in total. The molecule has 2 rings (SSSR count). The highest BCUT2D eigenvalue weighted by Crippen LogP contribution is 2.17. The van der Waals surface area contributed by atoms with Crippen LogP contribution in [-0.2, 0) is 0 Å². The van der Waals surface area contributed by atoms with Crippen molar-refractivity contribution in [1.82, 2.24) is 9.88 Å². The van der Waals surface area contributed by atoms with Gasteiger partial charge in [0.15, 0.2) is 0 Å². The topological polar surface area (TPSA) is 57.4 Å². The largest absolute Gasteiger partial charge is 0.492 e. The number of hydrogen-bond acceptors (Lipinski definition) is 3. The first-order valence-corrected chi connectivity index (χ1v) is 7.37. The van der Waals surface area contributed by atoms with Crippen molar-refractivity contribution >= 4 is 27.5 Å². The number of carbonyl (C=O) groups is 1. The van der Waals surface area contributed by atoms with Crippen molar-refractivity contribution in [2.75, 3.05) is 32.6 Å². The molecule has 1 heterocycles. The Morgan fingerprint density at radius 3 is 2.62 bits per heavy atom. The number of nitrogens with zero attached hydrogens (tertiary/aromatic N) is 1. The molecule has 6 heteroatoms. The van der Waals surface area contributed by atoms with Crippen molar-refractivity contribution in [2.45, 2.75) is 0 Å². The van der Waals surface area contributed by atoms with E-state index in [0.717, 1.165) is 22.5 Å². The lowest BCUT2D eigenvalue weighted by molar-refractivity contribution is 0.102. The van der Waals surface area contributed by atoms with E-state index in [4.69, 9.17) is 4.74 Å². The second-order valence-corrected chi connectivity index (χ2v) is 5.78. The number of nitrogens with one attached hydrogen (secondary N) is 2. The number of halogens is 1. The number of aromatic amines is 1. The fourth-order valence-electron chi connectivity index (χ4n) is 1.68. The highest BCUT2D eigenvalue weighted by atomic mass is 79.9. The lowest BCUT2D eigenvalue weighted by atomic mass is 10.3. The minimum atomic E-state index is -0.179. The van der Waals surface area contributed by atoms with E-state index in [1.54, 1.807) is 12.3 Å². The molecule has 112 valence electrons. The summed E-state index contributed by atoms with van der Waals surface area (Å²) in [7, 11) is 4.00. The number of likely N-dealkylation sites (N-methyl/N-ethyl adjacent to an activating group) is 1. The van der Waals surface area contributed by atoms with Gasteiger partial charge in [0.25, 0.3) is 5.91 Å². The molecule has 1 amide bonds. The lowest BCUT2D eigenvalue weighted by Crippen LogP contribution is -2.19. The van der Waals surface area contributed by atoms with Crippen molar-refractivity contribution in [3.05, 3.63) is 46.7 Å². The fraction of sp³-hybridized carbons (Fsp3) is 0.267. The summed E-state index contributed by atoms with van der Waals surface area (Å²) in [6, 6.07) is 9.06. The Balaban J connectivity index is 1.88. The predicted octanol–water partition coefficient (Wildman–Crippen LogP) is 2.97. The van der Waals surface area contributed by atoms with Gasteiger partial charge in [-0.25, -0.2) is 0 Å². The van der Waals surface area contributed by atoms with Crippen molar-refractivity contribution in [2.24, 2.45) is 0 Å². The van der Waals surface area contributed by atoms with Gasteiger partial charge >= 0.3 is 0 Å². The SMILES string of the molecule is CN(C)CCOc1ccc(NC(=O)c2cc(Br)c[nH]2)cc1. The van der Waals surface area contributed by atoms with Gasteiger partial charge in [-0.15, -0.1) is 0 Å². The Hall–Kier alpha value is -1.79. The van der Waals surface area contributed by atoms with Crippen molar-refractivity contribution in [3.8, 4) is 5.75 Å². The summed E-state index contributed by atoms with van der Waals surface area (Å²) in [4.78, 5) is 16.9. The third kappa shape index (κ3) is 4.91. The van der Waals surface area contributed by atoms with E-state index in [1.807, 2.05) is 38.4 Å². The molecule has 0 radical (unpaired) electrons. The van der Waals surface area contributed by atoms with Gasteiger partial charge in [-0.2, -0.15) is 0 Å². The van der Waals surface area contributed by atoms with Crippen LogP contribution < -0.4 is 10.1 Å². The fourth-order valence-corrected chi connectivity index (χ4v) is 2.02. The molecule has 0 atom stereocenters. The molecule has 0 fully saturated rings. The van der Waals surface area contributed by atoms with E-state index in [9.17, 15) is 4.79 Å². The zero-order chi connectivity index (χ0) is 15.2. The molecule has 0 saturated heterocycles.